The predicted octanol–water partition coefficient (Wildman–Crippen LogP) is 1.85. The number of nitrogens with one attached hydrogen (secondary N) is 1. The second-order valence-corrected chi connectivity index (χ2v) is 8.33. The van der Waals surface area contributed by atoms with Crippen LogP contribution in [0.15, 0.2) is 24.3 Å². The van der Waals surface area contributed by atoms with E-state index in [1.54, 1.807) is 18.2 Å². The number of esters is 1. The van der Waals surface area contributed by atoms with Gasteiger partial charge >= 0.3 is 5.97 Å². The topological polar surface area (TPSA) is 89.5 Å². The van der Waals surface area contributed by atoms with E-state index in [2.05, 4.69) is 5.32 Å². The maximum Gasteiger partial charge on any atom is 0.331 e. The highest BCUT2D eigenvalue weighted by Crippen LogP contribution is 2.23. The zero-order valence-corrected chi connectivity index (χ0v) is 14.8. The van der Waals surface area contributed by atoms with Crippen LogP contribution in [0.3, 0.4) is 0 Å². The van der Waals surface area contributed by atoms with Gasteiger partial charge in [-0.25, -0.2) is 13.2 Å². The normalized spacial score (nSPS) is 19.3. The molecule has 1 heterocycles. The van der Waals surface area contributed by atoms with Crippen molar-refractivity contribution in [2.75, 3.05) is 18.1 Å². The molecule has 1 aliphatic heterocycles. The van der Waals surface area contributed by atoms with Gasteiger partial charge in [0.2, 0.25) is 0 Å². The van der Waals surface area contributed by atoms with Gasteiger partial charge in [-0.2, -0.15) is 0 Å². The Morgan fingerprint density at radius 2 is 2.04 bits per heavy atom. The Hall–Kier alpha value is -1.57. The van der Waals surface area contributed by atoms with Crippen LogP contribution in [0.2, 0.25) is 10.0 Å². The monoisotopic (exact) mass is 391 g/mol. The number of hydrogen-bond donors (Lipinski definition) is 1. The number of carbonyl (C=O) groups excluding carboxylic acids is 2. The summed E-state index contributed by atoms with van der Waals surface area (Å²) < 4.78 is 27.4. The minimum Gasteiger partial charge on any atom is -0.452 e. The average Bonchev–Trinajstić information content (AvgIpc) is 2.85. The van der Waals surface area contributed by atoms with Crippen LogP contribution in [0.1, 0.15) is 12.0 Å². The number of carbonyl (C=O) groups is 2. The van der Waals surface area contributed by atoms with Gasteiger partial charge in [-0.05, 0) is 30.2 Å². The van der Waals surface area contributed by atoms with Crippen LogP contribution in [-0.2, 0) is 24.2 Å². The fourth-order valence-electron chi connectivity index (χ4n) is 2.14. The molecule has 1 aromatic carbocycles. The summed E-state index contributed by atoms with van der Waals surface area (Å²) >= 11 is 11.6. The Kier molecular flexibility index (Phi) is 6.26. The molecule has 1 amide bonds. The van der Waals surface area contributed by atoms with Crippen LogP contribution in [0.5, 0.6) is 0 Å². The molecule has 2 rings (SSSR count). The van der Waals surface area contributed by atoms with Crippen LogP contribution in [0.4, 0.5) is 0 Å². The first-order valence-electron chi connectivity index (χ1n) is 7.05. The van der Waals surface area contributed by atoms with Crippen LogP contribution in [0.25, 0.3) is 6.08 Å². The lowest BCUT2D eigenvalue weighted by Gasteiger charge is -2.10. The molecule has 6 nitrogen and oxygen atoms in total. The zero-order chi connectivity index (χ0) is 17.7. The van der Waals surface area contributed by atoms with Gasteiger partial charge in [0.1, 0.15) is 0 Å². The first kappa shape index (κ1) is 18.8. The van der Waals surface area contributed by atoms with Crippen molar-refractivity contribution >= 4 is 51.0 Å². The van der Waals surface area contributed by atoms with Gasteiger partial charge in [0.15, 0.2) is 16.4 Å². The Morgan fingerprint density at radius 1 is 1.29 bits per heavy atom. The van der Waals surface area contributed by atoms with Crippen molar-refractivity contribution < 1.29 is 22.7 Å². The smallest absolute Gasteiger partial charge is 0.331 e. The van der Waals surface area contributed by atoms with E-state index in [1.807, 2.05) is 0 Å². The maximum absolute atomic E-state index is 11.6. The summed E-state index contributed by atoms with van der Waals surface area (Å²) in [6, 6.07) is 4.43. The van der Waals surface area contributed by atoms with Gasteiger partial charge in [0.05, 0.1) is 21.6 Å². The molecule has 9 heteroatoms. The highest BCUT2D eigenvalue weighted by molar-refractivity contribution is 7.91. The van der Waals surface area contributed by atoms with Crippen molar-refractivity contribution in [1.82, 2.24) is 5.32 Å². The lowest BCUT2D eigenvalue weighted by molar-refractivity contribution is -0.143. The summed E-state index contributed by atoms with van der Waals surface area (Å²) in [4.78, 5) is 23.2. The molecule has 1 atom stereocenters. The Morgan fingerprint density at radius 3 is 2.67 bits per heavy atom. The lowest BCUT2D eigenvalue weighted by Crippen LogP contribution is -2.38. The molecular weight excluding hydrogens is 377 g/mol. The minimum atomic E-state index is -3.07. The van der Waals surface area contributed by atoms with E-state index < -0.39 is 34.4 Å². The van der Waals surface area contributed by atoms with Crippen molar-refractivity contribution in [3.63, 3.8) is 0 Å². The molecular formula is C15H15Cl2NO5S. The third-order valence-corrected chi connectivity index (χ3v) is 5.81. The summed E-state index contributed by atoms with van der Waals surface area (Å²) in [5.74, 6) is -1.25. The summed E-state index contributed by atoms with van der Waals surface area (Å²) in [7, 11) is -3.07. The first-order valence-corrected chi connectivity index (χ1v) is 9.62. The van der Waals surface area contributed by atoms with E-state index in [0.29, 0.717) is 22.0 Å². The van der Waals surface area contributed by atoms with Gasteiger partial charge < -0.3 is 10.1 Å². The average molecular weight is 392 g/mol. The third-order valence-electron chi connectivity index (χ3n) is 3.30. The second-order valence-electron chi connectivity index (χ2n) is 5.28. The summed E-state index contributed by atoms with van der Waals surface area (Å²) in [6.45, 7) is -0.471. The van der Waals surface area contributed by atoms with Crippen molar-refractivity contribution in [2.24, 2.45) is 0 Å². The molecule has 0 bridgehead atoms. The highest BCUT2D eigenvalue weighted by Gasteiger charge is 2.28. The second kappa shape index (κ2) is 8.00. The molecule has 0 aromatic heterocycles. The number of halogens is 2. The van der Waals surface area contributed by atoms with Crippen molar-refractivity contribution in [3.8, 4) is 0 Å². The molecule has 130 valence electrons. The Balaban J connectivity index is 1.77. The summed E-state index contributed by atoms with van der Waals surface area (Å²) in [6.07, 6.45) is 3.01. The van der Waals surface area contributed by atoms with Crippen LogP contribution in [-0.4, -0.2) is 44.4 Å². The van der Waals surface area contributed by atoms with Crippen LogP contribution in [0, 0.1) is 0 Å². The van der Waals surface area contributed by atoms with Crippen LogP contribution < -0.4 is 5.32 Å². The molecule has 0 saturated carbocycles. The van der Waals surface area contributed by atoms with Crippen molar-refractivity contribution in [3.05, 3.63) is 39.9 Å². The standard InChI is InChI=1S/C15H15Cl2NO5S/c16-12-3-1-10(7-13(12)17)2-4-15(20)23-8-14(19)18-11-5-6-24(21,22)9-11/h1-4,7,11H,5-6,8-9H2,(H,18,19). The summed E-state index contributed by atoms with van der Waals surface area (Å²) in [5.41, 5.74) is 0.655. The number of ether oxygens (including phenoxy) is 1. The Labute approximate surface area is 149 Å². The zero-order valence-electron chi connectivity index (χ0n) is 12.5. The molecule has 0 aliphatic carbocycles. The van der Waals surface area contributed by atoms with E-state index in [-0.39, 0.29) is 11.5 Å². The predicted molar refractivity (Wildman–Crippen MR) is 91.7 cm³/mol. The molecule has 0 spiro atoms. The van der Waals surface area contributed by atoms with E-state index >= 15 is 0 Å². The molecule has 0 radical (unpaired) electrons. The largest absolute Gasteiger partial charge is 0.452 e. The quantitative estimate of drug-likeness (QED) is 0.610. The molecule has 1 aromatic rings. The van der Waals surface area contributed by atoms with Gasteiger partial charge in [0, 0.05) is 12.1 Å². The van der Waals surface area contributed by atoms with Gasteiger partial charge in [0.25, 0.3) is 5.91 Å². The van der Waals surface area contributed by atoms with Crippen LogP contribution >= 0.6 is 23.2 Å². The van der Waals surface area contributed by atoms with Crippen molar-refractivity contribution in [2.45, 2.75) is 12.5 Å². The molecule has 1 unspecified atom stereocenters. The number of hydrogen-bond acceptors (Lipinski definition) is 5. The number of benzene rings is 1. The summed E-state index contributed by atoms with van der Waals surface area (Å²) in [5, 5.41) is 3.29. The van der Waals surface area contributed by atoms with Gasteiger partial charge in [-0.15, -0.1) is 0 Å². The lowest BCUT2D eigenvalue weighted by atomic mass is 10.2. The van der Waals surface area contributed by atoms with E-state index in [1.165, 1.54) is 6.08 Å². The van der Waals surface area contributed by atoms with E-state index in [4.69, 9.17) is 27.9 Å². The van der Waals surface area contributed by atoms with Gasteiger partial charge in [-0.1, -0.05) is 29.3 Å². The number of sulfone groups is 1. The fraction of sp³-hybridized carbons (Fsp3) is 0.333. The number of rotatable bonds is 5. The van der Waals surface area contributed by atoms with E-state index in [9.17, 15) is 18.0 Å². The fourth-order valence-corrected chi connectivity index (χ4v) is 4.12. The molecule has 24 heavy (non-hydrogen) atoms. The molecule has 1 N–H and O–H groups in total. The third kappa shape index (κ3) is 5.81. The highest BCUT2D eigenvalue weighted by atomic mass is 35.5. The Bertz CT molecular complexity index is 776. The first-order chi connectivity index (χ1) is 11.2. The maximum atomic E-state index is 11.6. The molecule has 1 fully saturated rings. The van der Waals surface area contributed by atoms with Crippen molar-refractivity contribution in [1.29, 1.82) is 0 Å². The molecule has 1 aliphatic rings. The van der Waals surface area contributed by atoms with E-state index in [0.717, 1.165) is 6.08 Å². The van der Waals surface area contributed by atoms with Gasteiger partial charge in [-0.3, -0.25) is 4.79 Å². The minimum absolute atomic E-state index is 0.0596. The SMILES string of the molecule is O=C(COC(=O)C=Cc1ccc(Cl)c(Cl)c1)NC1CCS(=O)(=O)C1. The molecule has 1 saturated heterocycles. The number of amides is 1.